The van der Waals surface area contributed by atoms with Gasteiger partial charge in [0, 0.05) is 31.9 Å². The number of carboxylic acid groups (broad SMARTS) is 1. The van der Waals surface area contributed by atoms with Crippen molar-refractivity contribution in [1.29, 1.82) is 0 Å². The molecule has 0 saturated carbocycles. The second-order valence-electron chi connectivity index (χ2n) is 5.99. The average Bonchev–Trinajstić information content (AvgIpc) is 2.57. The Hall–Kier alpha value is -2.33. The second kappa shape index (κ2) is 7.29. The minimum Gasteiger partial charge on any atom is -0.480 e. The van der Waals surface area contributed by atoms with Gasteiger partial charge in [-0.25, -0.2) is 0 Å². The Bertz CT molecular complexity index is 632. The van der Waals surface area contributed by atoms with Crippen molar-refractivity contribution < 1.29 is 9.90 Å². The van der Waals surface area contributed by atoms with Crippen LogP contribution in [0.1, 0.15) is 11.1 Å². The fraction of sp³-hybridized carbons (Fsp3) is 0.316. The zero-order valence-electron chi connectivity index (χ0n) is 13.2. The van der Waals surface area contributed by atoms with Gasteiger partial charge < -0.3 is 10.0 Å². The number of carboxylic acids is 1. The van der Waals surface area contributed by atoms with Gasteiger partial charge >= 0.3 is 5.97 Å². The number of aliphatic carboxylic acids is 1. The van der Waals surface area contributed by atoms with E-state index < -0.39 is 5.97 Å². The fourth-order valence-electron chi connectivity index (χ4n) is 3.01. The first kappa shape index (κ1) is 15.6. The van der Waals surface area contributed by atoms with Gasteiger partial charge in [0.25, 0.3) is 0 Å². The van der Waals surface area contributed by atoms with Gasteiger partial charge in [0.2, 0.25) is 0 Å². The highest BCUT2D eigenvalue weighted by molar-refractivity contribution is 5.69. The van der Waals surface area contributed by atoms with Crippen LogP contribution >= 0.6 is 0 Å². The summed E-state index contributed by atoms with van der Waals surface area (Å²) in [6.07, 6.45) is 0.952. The molecule has 1 aliphatic heterocycles. The molecule has 0 amide bonds. The number of hydrogen-bond acceptors (Lipinski definition) is 3. The summed E-state index contributed by atoms with van der Waals surface area (Å²) in [6, 6.07) is 19.2. The van der Waals surface area contributed by atoms with Crippen molar-refractivity contribution in [3.05, 3.63) is 65.7 Å². The van der Waals surface area contributed by atoms with Crippen molar-refractivity contribution in [2.45, 2.75) is 6.42 Å². The Kier molecular flexibility index (Phi) is 4.93. The number of carbonyl (C=O) groups is 1. The standard InChI is InChI=1S/C19H22N2O2/c22-19(23)15-20-10-12-21(13-11-20)18-8-6-17(7-9-18)14-16-4-2-1-3-5-16/h1-9H,10-15H2,(H,22,23). The monoisotopic (exact) mass is 310 g/mol. The van der Waals surface area contributed by atoms with Crippen LogP contribution in [0.2, 0.25) is 0 Å². The van der Waals surface area contributed by atoms with Crippen LogP contribution < -0.4 is 4.90 Å². The molecular weight excluding hydrogens is 288 g/mol. The molecule has 4 heteroatoms. The third-order valence-corrected chi connectivity index (χ3v) is 4.28. The number of nitrogens with zero attached hydrogens (tertiary/aromatic N) is 2. The minimum absolute atomic E-state index is 0.143. The first-order valence-corrected chi connectivity index (χ1v) is 8.03. The number of hydrogen-bond donors (Lipinski definition) is 1. The highest BCUT2D eigenvalue weighted by atomic mass is 16.4. The summed E-state index contributed by atoms with van der Waals surface area (Å²) in [5, 5.41) is 8.85. The summed E-state index contributed by atoms with van der Waals surface area (Å²) in [6.45, 7) is 3.51. The predicted molar refractivity (Wildman–Crippen MR) is 92.0 cm³/mol. The molecule has 3 rings (SSSR count). The molecule has 1 heterocycles. The molecule has 0 atom stereocenters. The van der Waals surface area contributed by atoms with Gasteiger partial charge in [-0.05, 0) is 29.7 Å². The summed E-state index contributed by atoms with van der Waals surface area (Å²) in [7, 11) is 0. The number of benzene rings is 2. The van der Waals surface area contributed by atoms with Gasteiger partial charge in [-0.15, -0.1) is 0 Å². The summed E-state index contributed by atoms with van der Waals surface area (Å²) in [4.78, 5) is 15.1. The van der Waals surface area contributed by atoms with Crippen molar-refractivity contribution in [2.75, 3.05) is 37.6 Å². The topological polar surface area (TPSA) is 43.8 Å². The van der Waals surface area contributed by atoms with Gasteiger partial charge in [0.1, 0.15) is 0 Å². The van der Waals surface area contributed by atoms with E-state index in [-0.39, 0.29) is 6.54 Å². The van der Waals surface area contributed by atoms with Crippen LogP contribution in [0.4, 0.5) is 5.69 Å². The quantitative estimate of drug-likeness (QED) is 0.921. The Labute approximate surface area is 137 Å². The Balaban J connectivity index is 1.57. The lowest BCUT2D eigenvalue weighted by Crippen LogP contribution is -2.47. The molecule has 0 bridgehead atoms. The number of piperazine rings is 1. The smallest absolute Gasteiger partial charge is 0.317 e. The van der Waals surface area contributed by atoms with Crippen LogP contribution in [-0.2, 0) is 11.2 Å². The normalized spacial score (nSPS) is 15.6. The molecule has 120 valence electrons. The van der Waals surface area contributed by atoms with Gasteiger partial charge in [-0.1, -0.05) is 42.5 Å². The molecule has 1 fully saturated rings. The Morgan fingerprint density at radius 1 is 0.870 bits per heavy atom. The molecule has 1 N–H and O–H groups in total. The van der Waals surface area contributed by atoms with Crippen LogP contribution in [0.25, 0.3) is 0 Å². The molecule has 2 aromatic rings. The lowest BCUT2D eigenvalue weighted by molar-refractivity contribution is -0.138. The van der Waals surface area contributed by atoms with Crippen LogP contribution in [-0.4, -0.2) is 48.7 Å². The van der Waals surface area contributed by atoms with E-state index in [4.69, 9.17) is 5.11 Å². The first-order valence-electron chi connectivity index (χ1n) is 8.03. The molecule has 0 unspecified atom stereocenters. The van der Waals surface area contributed by atoms with Gasteiger partial charge in [-0.2, -0.15) is 0 Å². The van der Waals surface area contributed by atoms with E-state index in [9.17, 15) is 4.79 Å². The van der Waals surface area contributed by atoms with Gasteiger partial charge in [0.05, 0.1) is 6.54 Å². The molecule has 1 aliphatic rings. The van der Waals surface area contributed by atoms with E-state index in [1.807, 2.05) is 11.0 Å². The molecule has 2 aromatic carbocycles. The van der Waals surface area contributed by atoms with Crippen molar-refractivity contribution in [3.8, 4) is 0 Å². The highest BCUT2D eigenvalue weighted by Crippen LogP contribution is 2.19. The molecule has 0 spiro atoms. The van der Waals surface area contributed by atoms with Crippen molar-refractivity contribution in [1.82, 2.24) is 4.90 Å². The highest BCUT2D eigenvalue weighted by Gasteiger charge is 2.18. The van der Waals surface area contributed by atoms with Crippen LogP contribution in [0, 0.1) is 0 Å². The van der Waals surface area contributed by atoms with Crippen LogP contribution in [0.3, 0.4) is 0 Å². The molecule has 1 saturated heterocycles. The molecule has 23 heavy (non-hydrogen) atoms. The predicted octanol–water partition coefficient (Wildman–Crippen LogP) is 2.48. The van der Waals surface area contributed by atoms with Gasteiger partial charge in [0.15, 0.2) is 0 Å². The maximum atomic E-state index is 10.8. The Morgan fingerprint density at radius 2 is 1.48 bits per heavy atom. The van der Waals surface area contributed by atoms with E-state index in [0.29, 0.717) is 0 Å². The lowest BCUT2D eigenvalue weighted by Gasteiger charge is -2.35. The molecule has 4 nitrogen and oxygen atoms in total. The second-order valence-corrected chi connectivity index (χ2v) is 5.99. The van der Waals surface area contributed by atoms with Crippen molar-refractivity contribution >= 4 is 11.7 Å². The van der Waals surface area contributed by atoms with Gasteiger partial charge in [-0.3, -0.25) is 9.69 Å². The zero-order chi connectivity index (χ0) is 16.1. The van der Waals surface area contributed by atoms with E-state index in [1.54, 1.807) is 0 Å². The maximum Gasteiger partial charge on any atom is 0.317 e. The zero-order valence-corrected chi connectivity index (χ0v) is 13.2. The van der Waals surface area contributed by atoms with Crippen molar-refractivity contribution in [3.63, 3.8) is 0 Å². The fourth-order valence-corrected chi connectivity index (χ4v) is 3.01. The van der Waals surface area contributed by atoms with E-state index in [0.717, 1.165) is 32.6 Å². The summed E-state index contributed by atoms with van der Waals surface area (Å²) in [5.74, 6) is -0.747. The Morgan fingerprint density at radius 3 is 2.09 bits per heavy atom. The third kappa shape index (κ3) is 4.33. The molecular formula is C19H22N2O2. The largest absolute Gasteiger partial charge is 0.480 e. The molecule has 0 aromatic heterocycles. The molecule has 0 radical (unpaired) electrons. The lowest BCUT2D eigenvalue weighted by atomic mass is 10.0. The van der Waals surface area contributed by atoms with E-state index in [1.165, 1.54) is 16.8 Å². The number of anilines is 1. The summed E-state index contributed by atoms with van der Waals surface area (Å²) in [5.41, 5.74) is 3.85. The number of rotatable bonds is 5. The van der Waals surface area contributed by atoms with E-state index >= 15 is 0 Å². The van der Waals surface area contributed by atoms with Crippen LogP contribution in [0.5, 0.6) is 0 Å². The minimum atomic E-state index is -0.747. The summed E-state index contributed by atoms with van der Waals surface area (Å²) < 4.78 is 0. The first-order chi connectivity index (χ1) is 11.2. The van der Waals surface area contributed by atoms with E-state index in [2.05, 4.69) is 53.4 Å². The van der Waals surface area contributed by atoms with Crippen LogP contribution in [0.15, 0.2) is 54.6 Å². The summed E-state index contributed by atoms with van der Waals surface area (Å²) >= 11 is 0. The SMILES string of the molecule is O=C(O)CN1CCN(c2ccc(Cc3ccccc3)cc2)CC1. The average molecular weight is 310 g/mol. The molecule has 0 aliphatic carbocycles. The van der Waals surface area contributed by atoms with Crippen molar-refractivity contribution in [2.24, 2.45) is 0 Å². The third-order valence-electron chi connectivity index (χ3n) is 4.28. The maximum absolute atomic E-state index is 10.8.